The molecule has 0 bridgehead atoms. The maximum absolute atomic E-state index is 12.4. The van der Waals surface area contributed by atoms with E-state index in [0.29, 0.717) is 30.5 Å². The van der Waals surface area contributed by atoms with Crippen molar-refractivity contribution in [3.8, 4) is 17.6 Å². The summed E-state index contributed by atoms with van der Waals surface area (Å²) >= 11 is 0. The highest BCUT2D eigenvalue weighted by Gasteiger charge is 2.18. The molecule has 0 saturated carbocycles. The maximum atomic E-state index is 12.4. The third-order valence-electron chi connectivity index (χ3n) is 5.54. The fourth-order valence-electron chi connectivity index (χ4n) is 3.59. The number of rotatable bonds is 10. The molecule has 0 aromatic heterocycles. The van der Waals surface area contributed by atoms with Crippen LogP contribution in [0.4, 0.5) is 0 Å². The first-order valence-corrected chi connectivity index (χ1v) is 11.0. The van der Waals surface area contributed by atoms with Crippen LogP contribution in [0.3, 0.4) is 0 Å². The van der Waals surface area contributed by atoms with Crippen LogP contribution in [0.1, 0.15) is 30.9 Å². The SMILES string of the molecule is CC(Oc1cccc(C#N)c1)C(=O)NCc1cccc(OCCN(C)C2CCOCC2)c1. The van der Waals surface area contributed by atoms with Gasteiger partial charge >= 0.3 is 0 Å². The first-order chi connectivity index (χ1) is 15.5. The number of nitrogens with one attached hydrogen (secondary N) is 1. The molecule has 1 amide bonds. The van der Waals surface area contributed by atoms with E-state index in [2.05, 4.69) is 23.3 Å². The quantitative estimate of drug-likeness (QED) is 0.615. The molecule has 2 aromatic carbocycles. The molecule has 32 heavy (non-hydrogen) atoms. The molecule has 170 valence electrons. The monoisotopic (exact) mass is 437 g/mol. The van der Waals surface area contributed by atoms with E-state index >= 15 is 0 Å². The van der Waals surface area contributed by atoms with Crippen LogP contribution in [0, 0.1) is 11.3 Å². The van der Waals surface area contributed by atoms with Crippen LogP contribution in [0.5, 0.6) is 11.5 Å². The van der Waals surface area contributed by atoms with Crippen LogP contribution in [0.25, 0.3) is 0 Å². The van der Waals surface area contributed by atoms with Gasteiger partial charge in [0.05, 0.1) is 11.6 Å². The summed E-state index contributed by atoms with van der Waals surface area (Å²) in [6, 6.07) is 17.1. The van der Waals surface area contributed by atoms with E-state index in [0.717, 1.165) is 43.9 Å². The predicted octanol–water partition coefficient (Wildman–Crippen LogP) is 3.13. The molecule has 1 fully saturated rings. The Bertz CT molecular complexity index is 921. The van der Waals surface area contributed by atoms with E-state index < -0.39 is 6.10 Å². The van der Waals surface area contributed by atoms with Gasteiger partial charge in [0.2, 0.25) is 0 Å². The molecule has 1 unspecified atom stereocenters. The molecule has 1 aliphatic heterocycles. The summed E-state index contributed by atoms with van der Waals surface area (Å²) in [5.74, 6) is 1.05. The van der Waals surface area contributed by atoms with Crippen LogP contribution in [-0.4, -0.2) is 56.4 Å². The zero-order valence-corrected chi connectivity index (χ0v) is 18.8. The van der Waals surface area contributed by atoms with Crippen LogP contribution >= 0.6 is 0 Å². The summed E-state index contributed by atoms with van der Waals surface area (Å²) < 4.78 is 17.0. The van der Waals surface area contributed by atoms with Gasteiger partial charge in [0.1, 0.15) is 18.1 Å². The van der Waals surface area contributed by atoms with Gasteiger partial charge in [-0.05, 0) is 62.7 Å². The van der Waals surface area contributed by atoms with Gasteiger partial charge in [0.25, 0.3) is 5.91 Å². The summed E-state index contributed by atoms with van der Waals surface area (Å²) in [5, 5.41) is 11.9. The van der Waals surface area contributed by atoms with Crippen molar-refractivity contribution < 1.29 is 19.0 Å². The lowest BCUT2D eigenvalue weighted by atomic mass is 10.1. The summed E-state index contributed by atoms with van der Waals surface area (Å²) in [7, 11) is 2.13. The highest BCUT2D eigenvalue weighted by atomic mass is 16.5. The van der Waals surface area contributed by atoms with E-state index in [-0.39, 0.29) is 5.91 Å². The van der Waals surface area contributed by atoms with E-state index in [1.54, 1.807) is 31.2 Å². The predicted molar refractivity (Wildman–Crippen MR) is 122 cm³/mol. The van der Waals surface area contributed by atoms with Crippen LogP contribution < -0.4 is 14.8 Å². The second-order valence-electron chi connectivity index (χ2n) is 7.94. The molecule has 2 aromatic rings. The van der Waals surface area contributed by atoms with E-state index in [9.17, 15) is 4.79 Å². The minimum absolute atomic E-state index is 0.225. The fraction of sp³-hybridized carbons (Fsp3) is 0.440. The first kappa shape index (κ1) is 23.6. The average Bonchev–Trinajstić information content (AvgIpc) is 2.83. The van der Waals surface area contributed by atoms with Crippen LogP contribution in [0.15, 0.2) is 48.5 Å². The lowest BCUT2D eigenvalue weighted by Crippen LogP contribution is -2.38. The Morgan fingerprint density at radius 3 is 2.75 bits per heavy atom. The summed E-state index contributed by atoms with van der Waals surface area (Å²) in [6.45, 7) is 5.19. The minimum Gasteiger partial charge on any atom is -0.492 e. The molecule has 0 radical (unpaired) electrons. The highest BCUT2D eigenvalue weighted by molar-refractivity contribution is 5.80. The molecular formula is C25H31N3O4. The van der Waals surface area contributed by atoms with E-state index in [1.165, 1.54) is 0 Å². The zero-order valence-electron chi connectivity index (χ0n) is 18.8. The number of ether oxygens (including phenoxy) is 3. The van der Waals surface area contributed by atoms with Crippen molar-refractivity contribution in [3.63, 3.8) is 0 Å². The largest absolute Gasteiger partial charge is 0.492 e. The smallest absolute Gasteiger partial charge is 0.261 e. The number of benzene rings is 2. The molecule has 7 heteroatoms. The molecule has 3 rings (SSSR count). The first-order valence-electron chi connectivity index (χ1n) is 11.0. The summed E-state index contributed by atoms with van der Waals surface area (Å²) in [5.41, 5.74) is 1.44. The van der Waals surface area contributed by atoms with Gasteiger partial charge in [0, 0.05) is 32.3 Å². The van der Waals surface area contributed by atoms with Crippen molar-refractivity contribution in [1.82, 2.24) is 10.2 Å². The number of carbonyl (C=O) groups excluding carboxylic acids is 1. The Hall–Kier alpha value is -3.08. The van der Waals surface area contributed by atoms with E-state index in [4.69, 9.17) is 19.5 Å². The Morgan fingerprint density at radius 1 is 1.22 bits per heavy atom. The maximum Gasteiger partial charge on any atom is 0.261 e. The molecule has 1 atom stereocenters. The summed E-state index contributed by atoms with van der Waals surface area (Å²) in [4.78, 5) is 14.7. The molecule has 1 N–H and O–H groups in total. The highest BCUT2D eigenvalue weighted by Crippen LogP contribution is 2.16. The second kappa shape index (κ2) is 12.1. The average molecular weight is 438 g/mol. The number of nitrogens with zero attached hydrogens (tertiary/aromatic N) is 2. The standard InChI is InChI=1S/C25H31N3O4/c1-19(32-24-8-3-5-20(15-24)17-26)25(29)27-18-21-6-4-7-23(16-21)31-14-11-28(2)22-9-12-30-13-10-22/h3-8,15-16,19,22H,9-14,18H2,1-2H3,(H,27,29). The molecule has 0 aliphatic carbocycles. The Kier molecular flexibility index (Phi) is 8.90. The molecule has 0 spiro atoms. The number of likely N-dealkylation sites (N-methyl/N-ethyl adjacent to an activating group) is 1. The second-order valence-corrected chi connectivity index (χ2v) is 7.94. The Balaban J connectivity index is 1.42. The van der Waals surface area contributed by atoms with Crippen LogP contribution in [-0.2, 0) is 16.1 Å². The van der Waals surface area contributed by atoms with Gasteiger partial charge in [-0.2, -0.15) is 5.26 Å². The molecule has 1 saturated heterocycles. The Labute approximate surface area is 189 Å². The Morgan fingerprint density at radius 2 is 1.97 bits per heavy atom. The third-order valence-corrected chi connectivity index (χ3v) is 5.54. The van der Waals surface area contributed by atoms with Gasteiger partial charge in [-0.1, -0.05) is 18.2 Å². The molecule has 1 aliphatic rings. The number of hydrogen-bond acceptors (Lipinski definition) is 6. The van der Waals surface area contributed by atoms with Crippen LogP contribution in [0.2, 0.25) is 0 Å². The van der Waals surface area contributed by atoms with Crippen molar-refractivity contribution in [1.29, 1.82) is 5.26 Å². The number of amides is 1. The number of carbonyl (C=O) groups is 1. The van der Waals surface area contributed by atoms with Gasteiger partial charge in [0.15, 0.2) is 6.10 Å². The van der Waals surface area contributed by atoms with Crippen molar-refractivity contribution >= 4 is 5.91 Å². The van der Waals surface area contributed by atoms with Crippen molar-refractivity contribution in [2.24, 2.45) is 0 Å². The van der Waals surface area contributed by atoms with Gasteiger partial charge in [-0.25, -0.2) is 0 Å². The zero-order chi connectivity index (χ0) is 22.8. The fourth-order valence-corrected chi connectivity index (χ4v) is 3.59. The summed E-state index contributed by atoms with van der Waals surface area (Å²) in [6.07, 6.45) is 1.46. The minimum atomic E-state index is -0.677. The molecular weight excluding hydrogens is 406 g/mol. The normalized spacial score (nSPS) is 15.1. The lowest BCUT2D eigenvalue weighted by Gasteiger charge is -2.31. The van der Waals surface area contributed by atoms with Gasteiger partial charge < -0.3 is 19.5 Å². The van der Waals surface area contributed by atoms with Crippen molar-refractivity contribution in [2.75, 3.05) is 33.4 Å². The van der Waals surface area contributed by atoms with Gasteiger partial charge in [-0.15, -0.1) is 0 Å². The lowest BCUT2D eigenvalue weighted by molar-refractivity contribution is -0.127. The molecule has 1 heterocycles. The van der Waals surface area contributed by atoms with Gasteiger partial charge in [-0.3, -0.25) is 9.69 Å². The van der Waals surface area contributed by atoms with Crippen molar-refractivity contribution in [2.45, 2.75) is 38.5 Å². The molecule has 7 nitrogen and oxygen atoms in total. The number of nitriles is 1. The topological polar surface area (TPSA) is 83.8 Å². The third kappa shape index (κ3) is 7.26. The number of hydrogen-bond donors (Lipinski definition) is 1. The van der Waals surface area contributed by atoms with E-state index in [1.807, 2.05) is 24.3 Å². The van der Waals surface area contributed by atoms with Crippen molar-refractivity contribution in [3.05, 3.63) is 59.7 Å².